The summed E-state index contributed by atoms with van der Waals surface area (Å²) in [7, 11) is 0. The Kier molecular flexibility index (Phi) is 3.87. The third-order valence-corrected chi connectivity index (χ3v) is 4.68. The van der Waals surface area contributed by atoms with E-state index in [2.05, 4.69) is 39.1 Å². The normalized spacial score (nSPS) is 10.3. The molecule has 0 aliphatic heterocycles. The maximum atomic E-state index is 8.90. The van der Waals surface area contributed by atoms with Crippen molar-refractivity contribution in [2.24, 2.45) is 0 Å². The van der Waals surface area contributed by atoms with E-state index in [1.165, 1.54) is 0 Å². The van der Waals surface area contributed by atoms with E-state index in [0.29, 0.717) is 5.56 Å². The molecule has 102 valence electrons. The number of halogens is 1. The number of aromatic nitrogens is 1. The largest absolute Gasteiger partial charge is 0.241 e. The van der Waals surface area contributed by atoms with Gasteiger partial charge in [0.15, 0.2) is 0 Å². The van der Waals surface area contributed by atoms with E-state index < -0.39 is 0 Å². The molecule has 0 amide bonds. The zero-order chi connectivity index (χ0) is 14.8. The van der Waals surface area contributed by atoms with Crippen molar-refractivity contribution < 1.29 is 0 Å². The van der Waals surface area contributed by atoms with Crippen molar-refractivity contribution in [3.63, 3.8) is 0 Å². The molecule has 0 unspecified atom stereocenters. The monoisotopic (exact) mass is 354 g/mol. The van der Waals surface area contributed by atoms with Crippen LogP contribution >= 0.6 is 27.3 Å². The molecule has 0 saturated heterocycles. The van der Waals surface area contributed by atoms with Crippen LogP contribution in [0.5, 0.6) is 0 Å². The summed E-state index contributed by atoms with van der Waals surface area (Å²) >= 11 is 5.13. The molecule has 0 aliphatic carbocycles. The Labute approximate surface area is 135 Å². The van der Waals surface area contributed by atoms with Crippen LogP contribution in [0, 0.1) is 18.3 Å². The molecule has 0 spiro atoms. The van der Waals surface area contributed by atoms with Gasteiger partial charge in [-0.2, -0.15) is 5.26 Å². The van der Waals surface area contributed by atoms with E-state index in [1.807, 2.05) is 43.3 Å². The van der Waals surface area contributed by atoms with Gasteiger partial charge in [0, 0.05) is 10.0 Å². The van der Waals surface area contributed by atoms with Gasteiger partial charge in [-0.15, -0.1) is 11.3 Å². The highest BCUT2D eigenvalue weighted by Gasteiger charge is 2.13. The maximum absolute atomic E-state index is 8.90. The molecule has 3 rings (SSSR count). The maximum Gasteiger partial charge on any atom is 0.0991 e. The molecule has 0 aliphatic rings. The van der Waals surface area contributed by atoms with Gasteiger partial charge in [-0.1, -0.05) is 40.2 Å². The van der Waals surface area contributed by atoms with Gasteiger partial charge in [-0.05, 0) is 36.8 Å². The lowest BCUT2D eigenvalue weighted by Gasteiger charge is -2.03. The first-order valence-electron chi connectivity index (χ1n) is 6.41. The highest BCUT2D eigenvalue weighted by molar-refractivity contribution is 9.10. The summed E-state index contributed by atoms with van der Waals surface area (Å²) in [4.78, 5) is 5.81. The van der Waals surface area contributed by atoms with E-state index in [1.54, 1.807) is 11.3 Å². The fraction of sp³-hybridized carbons (Fsp3) is 0.0588. The number of nitriles is 1. The van der Waals surface area contributed by atoms with Gasteiger partial charge in [0.25, 0.3) is 0 Å². The second-order valence-corrected chi connectivity index (χ2v) is 6.73. The predicted molar refractivity (Wildman–Crippen MR) is 90.1 cm³/mol. The number of hydrogen-bond donors (Lipinski definition) is 0. The molecular weight excluding hydrogens is 344 g/mol. The van der Waals surface area contributed by atoms with Crippen molar-refractivity contribution in [2.45, 2.75) is 6.92 Å². The number of nitrogens with zero attached hydrogens (tertiary/aromatic N) is 2. The number of benzene rings is 2. The highest BCUT2D eigenvalue weighted by atomic mass is 79.9. The minimum atomic E-state index is 0.671. The van der Waals surface area contributed by atoms with E-state index in [-0.39, 0.29) is 0 Å². The van der Waals surface area contributed by atoms with Gasteiger partial charge < -0.3 is 0 Å². The molecule has 21 heavy (non-hydrogen) atoms. The Morgan fingerprint density at radius 3 is 2.24 bits per heavy atom. The standard InChI is InChI=1S/C17H11BrN2S/c1-11-20-16(13-6-8-15(18)9-7-13)17(21-11)14-4-2-12(10-19)3-5-14/h2-9H,1H3. The molecule has 0 saturated carbocycles. The molecule has 3 aromatic rings. The van der Waals surface area contributed by atoms with Crippen molar-refractivity contribution in [3.8, 4) is 27.8 Å². The molecule has 4 heteroatoms. The fourth-order valence-electron chi connectivity index (χ4n) is 2.12. The molecule has 0 radical (unpaired) electrons. The lowest BCUT2D eigenvalue weighted by atomic mass is 10.1. The van der Waals surface area contributed by atoms with Gasteiger partial charge in [-0.3, -0.25) is 0 Å². The Balaban J connectivity index is 2.10. The van der Waals surface area contributed by atoms with Crippen LogP contribution in [0.3, 0.4) is 0 Å². The Morgan fingerprint density at radius 2 is 1.62 bits per heavy atom. The average Bonchev–Trinajstić information content (AvgIpc) is 2.90. The Bertz CT molecular complexity index is 811. The number of hydrogen-bond acceptors (Lipinski definition) is 3. The van der Waals surface area contributed by atoms with E-state index in [4.69, 9.17) is 5.26 Å². The minimum absolute atomic E-state index is 0.671. The number of thiazole rings is 1. The first-order valence-corrected chi connectivity index (χ1v) is 8.02. The fourth-order valence-corrected chi connectivity index (χ4v) is 3.33. The summed E-state index contributed by atoms with van der Waals surface area (Å²) in [6.07, 6.45) is 0. The first kappa shape index (κ1) is 14.0. The SMILES string of the molecule is Cc1nc(-c2ccc(Br)cc2)c(-c2ccc(C#N)cc2)s1. The van der Waals surface area contributed by atoms with E-state index >= 15 is 0 Å². The van der Waals surface area contributed by atoms with E-state index in [0.717, 1.165) is 31.2 Å². The summed E-state index contributed by atoms with van der Waals surface area (Å²) in [5, 5.41) is 9.93. The van der Waals surface area contributed by atoms with Crippen molar-refractivity contribution in [2.75, 3.05) is 0 Å². The second-order valence-electron chi connectivity index (χ2n) is 4.61. The van der Waals surface area contributed by atoms with Gasteiger partial charge in [-0.25, -0.2) is 4.98 Å². The zero-order valence-electron chi connectivity index (χ0n) is 11.3. The second kappa shape index (κ2) is 5.80. The molecule has 0 fully saturated rings. The third kappa shape index (κ3) is 2.90. The molecule has 1 aromatic heterocycles. The summed E-state index contributed by atoms with van der Waals surface area (Å²) in [6, 6.07) is 18.0. The topological polar surface area (TPSA) is 36.7 Å². The molecule has 2 nitrogen and oxygen atoms in total. The van der Waals surface area contributed by atoms with Crippen molar-refractivity contribution >= 4 is 27.3 Å². The predicted octanol–water partition coefficient (Wildman–Crippen LogP) is 5.42. The van der Waals surface area contributed by atoms with Crippen LogP contribution in [0.4, 0.5) is 0 Å². The van der Waals surface area contributed by atoms with Crippen LogP contribution < -0.4 is 0 Å². The molecular formula is C17H11BrN2S. The minimum Gasteiger partial charge on any atom is -0.241 e. The van der Waals surface area contributed by atoms with Crippen LogP contribution in [0.2, 0.25) is 0 Å². The van der Waals surface area contributed by atoms with Gasteiger partial charge in [0.1, 0.15) is 0 Å². The molecule has 2 aromatic carbocycles. The molecule has 0 bridgehead atoms. The summed E-state index contributed by atoms with van der Waals surface area (Å²) in [5.74, 6) is 0. The van der Waals surface area contributed by atoms with Crippen molar-refractivity contribution in [1.82, 2.24) is 4.98 Å². The molecule has 0 atom stereocenters. The van der Waals surface area contributed by atoms with Crippen molar-refractivity contribution in [3.05, 3.63) is 63.6 Å². The summed E-state index contributed by atoms with van der Waals surface area (Å²) in [5.41, 5.74) is 3.86. The van der Waals surface area contributed by atoms with Crippen LogP contribution in [-0.2, 0) is 0 Å². The third-order valence-electron chi connectivity index (χ3n) is 3.13. The van der Waals surface area contributed by atoms with Crippen molar-refractivity contribution in [1.29, 1.82) is 5.26 Å². The van der Waals surface area contributed by atoms with Crippen LogP contribution in [0.15, 0.2) is 53.0 Å². The molecule has 1 heterocycles. The lowest BCUT2D eigenvalue weighted by molar-refractivity contribution is 1.30. The first-order chi connectivity index (χ1) is 10.2. The quantitative estimate of drug-likeness (QED) is 0.615. The van der Waals surface area contributed by atoms with Crippen LogP contribution in [0.25, 0.3) is 21.7 Å². The van der Waals surface area contributed by atoms with Gasteiger partial charge in [0.2, 0.25) is 0 Å². The summed E-state index contributed by atoms with van der Waals surface area (Å²) < 4.78 is 1.05. The molecule has 0 N–H and O–H groups in total. The summed E-state index contributed by atoms with van der Waals surface area (Å²) in [6.45, 7) is 2.01. The Morgan fingerprint density at radius 1 is 1.00 bits per heavy atom. The van der Waals surface area contributed by atoms with Gasteiger partial charge >= 0.3 is 0 Å². The smallest absolute Gasteiger partial charge is 0.0991 e. The lowest BCUT2D eigenvalue weighted by Crippen LogP contribution is -1.83. The Hall–Kier alpha value is -1.96. The van der Waals surface area contributed by atoms with Crippen LogP contribution in [0.1, 0.15) is 10.6 Å². The number of aryl methyl sites for hydroxylation is 1. The van der Waals surface area contributed by atoms with Crippen LogP contribution in [-0.4, -0.2) is 4.98 Å². The van der Waals surface area contributed by atoms with Gasteiger partial charge in [0.05, 0.1) is 27.2 Å². The highest BCUT2D eigenvalue weighted by Crippen LogP contribution is 2.37. The number of rotatable bonds is 2. The zero-order valence-corrected chi connectivity index (χ0v) is 13.7. The average molecular weight is 355 g/mol. The van der Waals surface area contributed by atoms with E-state index in [9.17, 15) is 0 Å².